The maximum atomic E-state index is 12.0. The Kier molecular flexibility index (Phi) is 6.02. The molecule has 0 radical (unpaired) electrons. The number of hydrogen-bond donors (Lipinski definition) is 3. The molecule has 0 fully saturated rings. The number of benzene rings is 3. The van der Waals surface area contributed by atoms with Gasteiger partial charge < -0.3 is 21.3 Å². The van der Waals surface area contributed by atoms with Gasteiger partial charge >= 0.3 is 6.18 Å². The number of aromatic hydroxyl groups is 1. The monoisotopic (exact) mass is 433 g/mol. The SMILES string of the molecule is COc1cccc2sc(-c3ccc(N)cc3)nc12.Nc1ccc(O)cc1C(F)(F)F. The van der Waals surface area contributed by atoms with Gasteiger partial charge in [-0.05, 0) is 54.6 Å². The van der Waals surface area contributed by atoms with Crippen LogP contribution in [0, 0.1) is 0 Å². The number of nitrogens with zero attached hydrogens (tertiary/aromatic N) is 1. The van der Waals surface area contributed by atoms with E-state index in [1.807, 2.05) is 36.4 Å². The van der Waals surface area contributed by atoms with Crippen LogP contribution in [0.2, 0.25) is 0 Å². The molecule has 0 spiro atoms. The van der Waals surface area contributed by atoms with Crippen molar-refractivity contribution in [1.29, 1.82) is 0 Å². The van der Waals surface area contributed by atoms with Crippen LogP contribution in [0.15, 0.2) is 60.7 Å². The van der Waals surface area contributed by atoms with Crippen LogP contribution >= 0.6 is 11.3 Å². The molecule has 0 bridgehead atoms. The molecular formula is C21H18F3N3O2S. The highest BCUT2D eigenvalue weighted by Gasteiger charge is 2.33. The van der Waals surface area contributed by atoms with Crippen molar-refractivity contribution < 1.29 is 23.0 Å². The minimum absolute atomic E-state index is 0.389. The van der Waals surface area contributed by atoms with Gasteiger partial charge in [0, 0.05) is 16.9 Å². The van der Waals surface area contributed by atoms with Crippen molar-refractivity contribution >= 4 is 32.9 Å². The first-order valence-electron chi connectivity index (χ1n) is 8.64. The van der Waals surface area contributed by atoms with Crippen molar-refractivity contribution in [2.24, 2.45) is 0 Å². The van der Waals surface area contributed by atoms with E-state index in [0.29, 0.717) is 6.07 Å². The molecule has 9 heteroatoms. The molecule has 30 heavy (non-hydrogen) atoms. The molecule has 1 heterocycles. The molecule has 0 aliphatic carbocycles. The molecule has 4 aromatic rings. The van der Waals surface area contributed by atoms with E-state index in [1.165, 1.54) is 0 Å². The summed E-state index contributed by atoms with van der Waals surface area (Å²) in [5.41, 5.74) is 12.1. The third-order valence-electron chi connectivity index (χ3n) is 4.10. The molecule has 5 N–H and O–H groups in total. The third kappa shape index (κ3) is 4.74. The van der Waals surface area contributed by atoms with Crippen molar-refractivity contribution in [3.8, 4) is 22.1 Å². The van der Waals surface area contributed by atoms with E-state index < -0.39 is 17.5 Å². The van der Waals surface area contributed by atoms with Gasteiger partial charge in [-0.3, -0.25) is 0 Å². The lowest BCUT2D eigenvalue weighted by Gasteiger charge is -2.09. The highest BCUT2D eigenvalue weighted by atomic mass is 32.1. The van der Waals surface area contributed by atoms with Crippen LogP contribution in [0.4, 0.5) is 24.5 Å². The maximum Gasteiger partial charge on any atom is 0.418 e. The molecule has 1 aromatic heterocycles. The van der Waals surface area contributed by atoms with E-state index in [4.69, 9.17) is 21.3 Å². The normalized spacial score (nSPS) is 11.1. The summed E-state index contributed by atoms with van der Waals surface area (Å²) in [6, 6.07) is 16.4. The van der Waals surface area contributed by atoms with Gasteiger partial charge in [-0.1, -0.05) is 6.07 Å². The second-order valence-electron chi connectivity index (χ2n) is 6.22. The van der Waals surface area contributed by atoms with E-state index in [-0.39, 0.29) is 5.69 Å². The first-order valence-corrected chi connectivity index (χ1v) is 9.46. The molecule has 0 amide bonds. The molecule has 4 rings (SSSR count). The number of halogens is 3. The van der Waals surface area contributed by atoms with Crippen molar-refractivity contribution in [1.82, 2.24) is 4.98 Å². The summed E-state index contributed by atoms with van der Waals surface area (Å²) in [6.07, 6.45) is -4.51. The Morgan fingerprint density at radius 2 is 1.70 bits per heavy atom. The number of phenols is 1. The zero-order chi connectivity index (χ0) is 21.9. The Hall–Kier alpha value is -3.46. The number of phenolic OH excluding ortho intramolecular Hbond substituents is 1. The summed E-state index contributed by atoms with van der Waals surface area (Å²) in [5.74, 6) is 0.363. The summed E-state index contributed by atoms with van der Waals surface area (Å²) in [4.78, 5) is 4.64. The highest BCUT2D eigenvalue weighted by Crippen LogP contribution is 2.36. The molecular weight excluding hydrogens is 415 g/mol. The fourth-order valence-corrected chi connectivity index (χ4v) is 3.62. The van der Waals surface area contributed by atoms with Gasteiger partial charge in [-0.25, -0.2) is 4.98 Å². The molecule has 0 saturated heterocycles. The van der Waals surface area contributed by atoms with E-state index in [2.05, 4.69) is 11.1 Å². The predicted molar refractivity (Wildman–Crippen MR) is 114 cm³/mol. The number of hydrogen-bond acceptors (Lipinski definition) is 6. The lowest BCUT2D eigenvalue weighted by atomic mass is 10.1. The number of aromatic nitrogens is 1. The molecule has 3 aromatic carbocycles. The number of thiazole rings is 1. The maximum absolute atomic E-state index is 12.0. The van der Waals surface area contributed by atoms with Crippen LogP contribution in [0.25, 0.3) is 20.8 Å². The Morgan fingerprint density at radius 1 is 1.00 bits per heavy atom. The van der Waals surface area contributed by atoms with Gasteiger partial charge in [0.2, 0.25) is 0 Å². The zero-order valence-electron chi connectivity index (χ0n) is 15.8. The lowest BCUT2D eigenvalue weighted by molar-refractivity contribution is -0.137. The molecule has 5 nitrogen and oxygen atoms in total. The molecule has 0 unspecified atom stereocenters. The van der Waals surface area contributed by atoms with Crippen LogP contribution in [-0.4, -0.2) is 17.2 Å². The minimum atomic E-state index is -4.51. The van der Waals surface area contributed by atoms with Crippen molar-refractivity contribution in [2.75, 3.05) is 18.6 Å². The van der Waals surface area contributed by atoms with Gasteiger partial charge in [-0.2, -0.15) is 13.2 Å². The summed E-state index contributed by atoms with van der Waals surface area (Å²) < 4.78 is 42.6. The minimum Gasteiger partial charge on any atom is -0.508 e. The van der Waals surface area contributed by atoms with Crippen molar-refractivity contribution in [3.63, 3.8) is 0 Å². The highest BCUT2D eigenvalue weighted by molar-refractivity contribution is 7.21. The van der Waals surface area contributed by atoms with Crippen molar-refractivity contribution in [3.05, 3.63) is 66.2 Å². The molecule has 0 saturated carbocycles. The Morgan fingerprint density at radius 3 is 2.30 bits per heavy atom. The number of para-hydroxylation sites is 1. The fourth-order valence-electron chi connectivity index (χ4n) is 2.63. The van der Waals surface area contributed by atoms with E-state index in [9.17, 15) is 13.2 Å². The van der Waals surface area contributed by atoms with Crippen LogP contribution in [-0.2, 0) is 6.18 Å². The van der Waals surface area contributed by atoms with Crippen LogP contribution in [0.5, 0.6) is 11.5 Å². The average molecular weight is 433 g/mol. The largest absolute Gasteiger partial charge is 0.508 e. The number of nitrogens with two attached hydrogens (primary N) is 2. The van der Waals surface area contributed by atoms with Gasteiger partial charge in [0.15, 0.2) is 0 Å². The number of anilines is 2. The summed E-state index contributed by atoms with van der Waals surface area (Å²) in [6.45, 7) is 0. The molecule has 0 atom stereocenters. The van der Waals surface area contributed by atoms with Gasteiger partial charge in [0.1, 0.15) is 22.0 Å². The number of ether oxygens (including phenoxy) is 1. The van der Waals surface area contributed by atoms with Gasteiger partial charge in [-0.15, -0.1) is 11.3 Å². The number of methoxy groups -OCH3 is 1. The van der Waals surface area contributed by atoms with E-state index in [1.54, 1.807) is 18.4 Å². The van der Waals surface area contributed by atoms with Crippen LogP contribution in [0.1, 0.15) is 5.56 Å². The summed E-state index contributed by atoms with van der Waals surface area (Å²) in [7, 11) is 1.66. The molecule has 156 valence electrons. The zero-order valence-corrected chi connectivity index (χ0v) is 16.6. The number of fused-ring (bicyclic) bond motifs is 1. The number of alkyl halides is 3. The molecule has 0 aliphatic rings. The van der Waals surface area contributed by atoms with Gasteiger partial charge in [0.05, 0.1) is 17.4 Å². The predicted octanol–water partition coefficient (Wildman–Crippen LogP) is 5.55. The van der Waals surface area contributed by atoms with Crippen molar-refractivity contribution in [2.45, 2.75) is 6.18 Å². The van der Waals surface area contributed by atoms with E-state index >= 15 is 0 Å². The Balaban J connectivity index is 0.000000187. The second-order valence-corrected chi connectivity index (χ2v) is 7.25. The topological polar surface area (TPSA) is 94.4 Å². The lowest BCUT2D eigenvalue weighted by Crippen LogP contribution is -2.08. The number of nitrogen functional groups attached to an aromatic ring is 2. The van der Waals surface area contributed by atoms with E-state index in [0.717, 1.165) is 44.4 Å². The third-order valence-corrected chi connectivity index (χ3v) is 5.17. The smallest absolute Gasteiger partial charge is 0.418 e. The Labute approximate surface area is 174 Å². The quantitative estimate of drug-likeness (QED) is 0.285. The second kappa shape index (κ2) is 8.50. The fraction of sp³-hybridized carbons (Fsp3) is 0.0952. The Bertz CT molecular complexity index is 1160. The first-order chi connectivity index (χ1) is 14.2. The molecule has 0 aliphatic heterocycles. The standard InChI is InChI=1S/C14H12N2OS.C7H6F3NO/c1-17-11-3-2-4-12-13(11)16-14(18-12)9-5-7-10(15)8-6-9;8-7(9,10)5-3-4(12)1-2-6(5)11/h2-8H,15H2,1H3;1-3,12H,11H2. The van der Waals surface area contributed by atoms with Gasteiger partial charge in [0.25, 0.3) is 0 Å². The average Bonchev–Trinajstić information content (AvgIpc) is 3.14. The summed E-state index contributed by atoms with van der Waals surface area (Å²) >= 11 is 1.65. The number of rotatable bonds is 2. The van der Waals surface area contributed by atoms with Crippen LogP contribution < -0.4 is 16.2 Å². The summed E-state index contributed by atoms with van der Waals surface area (Å²) in [5, 5.41) is 9.73. The van der Waals surface area contributed by atoms with Crippen LogP contribution in [0.3, 0.4) is 0 Å². The first kappa shape index (κ1) is 21.3.